The first kappa shape index (κ1) is 19.0. The van der Waals surface area contributed by atoms with Crippen molar-refractivity contribution in [3.63, 3.8) is 0 Å². The van der Waals surface area contributed by atoms with Crippen LogP contribution in [0.5, 0.6) is 0 Å². The van der Waals surface area contributed by atoms with E-state index in [1.807, 2.05) is 12.1 Å². The molecule has 1 amide bonds. The predicted molar refractivity (Wildman–Crippen MR) is 112 cm³/mol. The van der Waals surface area contributed by atoms with Gasteiger partial charge in [-0.3, -0.25) is 5.32 Å². The number of piperidine rings is 1. The van der Waals surface area contributed by atoms with E-state index >= 15 is 0 Å². The first-order valence-electron chi connectivity index (χ1n) is 10.6. The number of fused-ring (bicyclic) bond motifs is 2. The van der Waals surface area contributed by atoms with Crippen LogP contribution in [-0.4, -0.2) is 32.7 Å². The Morgan fingerprint density at radius 1 is 1.17 bits per heavy atom. The Bertz CT molecular complexity index is 808. The van der Waals surface area contributed by atoms with Crippen molar-refractivity contribution in [2.45, 2.75) is 68.9 Å². The van der Waals surface area contributed by atoms with E-state index < -0.39 is 6.09 Å². The number of rotatable bonds is 7. The van der Waals surface area contributed by atoms with E-state index in [9.17, 15) is 4.79 Å². The van der Waals surface area contributed by atoms with Gasteiger partial charge in [0.15, 0.2) is 18.8 Å². The summed E-state index contributed by atoms with van der Waals surface area (Å²) in [5, 5.41) is 3.67. The van der Waals surface area contributed by atoms with Gasteiger partial charge in [0.2, 0.25) is 0 Å². The topological polar surface area (TPSA) is 67.6 Å². The maximum atomic E-state index is 11.9. The fraction of sp³-hybridized carbons (Fsp3) is 0.545. The van der Waals surface area contributed by atoms with Crippen LogP contribution in [0.2, 0.25) is 0 Å². The number of hydrogen-bond donors (Lipinski definition) is 1. The summed E-state index contributed by atoms with van der Waals surface area (Å²) in [4.78, 5) is 15.7. The molecule has 3 heterocycles. The van der Waals surface area contributed by atoms with E-state index in [1.54, 1.807) is 0 Å². The third-order valence-electron chi connectivity index (χ3n) is 6.11. The Kier molecular flexibility index (Phi) is 5.50. The molecule has 2 atom stereocenters. The molecule has 154 valence electrons. The molecule has 7 heteroatoms. The number of amides is 1. The molecule has 1 saturated carbocycles. The number of hydrogen-bond acceptors (Lipinski definition) is 6. The van der Waals surface area contributed by atoms with Crippen molar-refractivity contribution in [3.05, 3.63) is 48.2 Å². The lowest BCUT2D eigenvalue weighted by Gasteiger charge is -2.38. The highest BCUT2D eigenvalue weighted by Gasteiger charge is 2.43. The molecule has 3 fully saturated rings. The van der Waals surface area contributed by atoms with Crippen LogP contribution in [0.15, 0.2) is 41.3 Å². The molecule has 1 aliphatic carbocycles. The summed E-state index contributed by atoms with van der Waals surface area (Å²) >= 11 is 2.16. The number of nitrogens with one attached hydrogen (secondary N) is 1. The summed E-state index contributed by atoms with van der Waals surface area (Å²) in [7, 11) is 0. The normalized spacial score (nSPS) is 26.4. The summed E-state index contributed by atoms with van der Waals surface area (Å²) in [6.07, 6.45) is 11.7. The number of carbonyl (C=O) groups excluding carboxylic acids is 1. The highest BCUT2D eigenvalue weighted by molar-refractivity contribution is 7.97. The molecule has 2 bridgehead atoms. The second-order valence-electron chi connectivity index (χ2n) is 8.46. The van der Waals surface area contributed by atoms with E-state index in [1.165, 1.54) is 56.7 Å². The zero-order valence-corrected chi connectivity index (χ0v) is 17.3. The number of ether oxygens (including phenoxy) is 1. The number of aromatic nitrogens is 1. The van der Waals surface area contributed by atoms with Gasteiger partial charge >= 0.3 is 6.09 Å². The Balaban J connectivity index is 1.10. The second kappa shape index (κ2) is 8.40. The van der Waals surface area contributed by atoms with Crippen molar-refractivity contribution < 1.29 is 13.9 Å². The fourth-order valence-electron chi connectivity index (χ4n) is 4.59. The summed E-state index contributed by atoms with van der Waals surface area (Å²) in [5.74, 6) is 1.29. The van der Waals surface area contributed by atoms with Gasteiger partial charge in [0.05, 0.1) is 6.20 Å². The zero-order valence-electron chi connectivity index (χ0n) is 16.5. The van der Waals surface area contributed by atoms with Gasteiger partial charge < -0.3 is 9.15 Å². The smallest absolute Gasteiger partial charge is 0.412 e. The molecule has 2 aliphatic heterocycles. The quantitative estimate of drug-likeness (QED) is 0.643. The maximum absolute atomic E-state index is 11.9. The van der Waals surface area contributed by atoms with Gasteiger partial charge in [-0.2, -0.15) is 0 Å². The zero-order chi connectivity index (χ0) is 19.6. The van der Waals surface area contributed by atoms with Crippen molar-refractivity contribution in [3.8, 4) is 0 Å². The Morgan fingerprint density at radius 3 is 2.59 bits per heavy atom. The molecule has 5 rings (SSSR count). The minimum absolute atomic E-state index is 0.0734. The van der Waals surface area contributed by atoms with Gasteiger partial charge in [-0.1, -0.05) is 24.1 Å². The van der Waals surface area contributed by atoms with E-state index in [4.69, 9.17) is 9.15 Å². The number of nitrogens with zero attached hydrogens (tertiary/aromatic N) is 2. The van der Waals surface area contributed by atoms with Crippen LogP contribution < -0.4 is 5.32 Å². The van der Waals surface area contributed by atoms with Gasteiger partial charge in [-0.25, -0.2) is 14.1 Å². The Morgan fingerprint density at radius 2 is 1.93 bits per heavy atom. The Hall–Kier alpha value is -1.99. The summed E-state index contributed by atoms with van der Waals surface area (Å²) < 4.78 is 12.9. The van der Waals surface area contributed by atoms with Crippen molar-refractivity contribution >= 4 is 23.7 Å². The van der Waals surface area contributed by atoms with Gasteiger partial charge in [-0.05, 0) is 68.6 Å². The third-order valence-corrected chi connectivity index (χ3v) is 7.72. The SMILES string of the molecule is O=C(Nc1ccc(CC2CC3CCC(C2)N3SC2CC2)cc1)OCc1cnco1. The van der Waals surface area contributed by atoms with E-state index in [0.29, 0.717) is 5.76 Å². The molecule has 2 aromatic rings. The average Bonchev–Trinajstić information content (AvgIpc) is 3.32. The van der Waals surface area contributed by atoms with Gasteiger partial charge in [0.1, 0.15) is 0 Å². The van der Waals surface area contributed by atoms with E-state index in [0.717, 1.165) is 35.4 Å². The molecule has 1 aromatic heterocycles. The lowest BCUT2D eigenvalue weighted by Crippen LogP contribution is -2.39. The minimum atomic E-state index is -0.494. The highest BCUT2D eigenvalue weighted by atomic mass is 32.2. The van der Waals surface area contributed by atoms with Crippen LogP contribution in [0.25, 0.3) is 0 Å². The summed E-state index contributed by atoms with van der Waals surface area (Å²) in [6, 6.07) is 9.72. The second-order valence-corrected chi connectivity index (χ2v) is 9.76. The minimum Gasteiger partial charge on any atom is -0.445 e. The number of anilines is 1. The lowest BCUT2D eigenvalue weighted by molar-refractivity contribution is 0.146. The molecule has 3 aliphatic rings. The molecule has 0 radical (unpaired) electrons. The van der Waals surface area contributed by atoms with Crippen molar-refractivity contribution in [1.82, 2.24) is 9.29 Å². The van der Waals surface area contributed by atoms with Crippen LogP contribution in [-0.2, 0) is 17.8 Å². The van der Waals surface area contributed by atoms with Crippen molar-refractivity contribution in [1.29, 1.82) is 0 Å². The molecular weight excluding hydrogens is 386 g/mol. The molecule has 6 nitrogen and oxygen atoms in total. The third kappa shape index (κ3) is 4.78. The van der Waals surface area contributed by atoms with Crippen molar-refractivity contribution in [2.75, 3.05) is 5.32 Å². The molecule has 2 unspecified atom stereocenters. The number of benzene rings is 1. The monoisotopic (exact) mass is 413 g/mol. The molecule has 0 spiro atoms. The maximum Gasteiger partial charge on any atom is 0.412 e. The van der Waals surface area contributed by atoms with E-state index in [2.05, 4.69) is 38.7 Å². The fourth-order valence-corrected chi connectivity index (χ4v) is 6.01. The lowest BCUT2D eigenvalue weighted by atomic mass is 9.87. The predicted octanol–water partition coefficient (Wildman–Crippen LogP) is 5.02. The summed E-state index contributed by atoms with van der Waals surface area (Å²) in [5.41, 5.74) is 2.09. The molecule has 2 saturated heterocycles. The summed E-state index contributed by atoms with van der Waals surface area (Å²) in [6.45, 7) is 0.0734. The standard InChI is InChI=1S/C22H27N3O3S/c26-22(27-13-20-12-23-14-28-20)24-17-3-1-15(2-4-17)9-16-10-18-5-6-19(11-16)25(18)29-21-7-8-21/h1-4,12,14,16,18-19,21H,5-11,13H2,(H,24,26). The van der Waals surface area contributed by atoms with Crippen LogP contribution in [0, 0.1) is 5.92 Å². The van der Waals surface area contributed by atoms with Gasteiger partial charge in [0, 0.05) is 23.0 Å². The molecule has 29 heavy (non-hydrogen) atoms. The molecular formula is C22H27N3O3S. The van der Waals surface area contributed by atoms with Crippen LogP contribution >= 0.6 is 11.9 Å². The molecule has 1 aromatic carbocycles. The molecule has 1 N–H and O–H groups in total. The van der Waals surface area contributed by atoms with Crippen molar-refractivity contribution in [2.24, 2.45) is 5.92 Å². The van der Waals surface area contributed by atoms with Crippen LogP contribution in [0.1, 0.15) is 49.8 Å². The number of oxazole rings is 1. The van der Waals surface area contributed by atoms with Crippen LogP contribution in [0.4, 0.5) is 10.5 Å². The van der Waals surface area contributed by atoms with E-state index in [-0.39, 0.29) is 6.61 Å². The Labute approximate surface area is 175 Å². The average molecular weight is 414 g/mol. The highest BCUT2D eigenvalue weighted by Crippen LogP contribution is 2.48. The van der Waals surface area contributed by atoms with Gasteiger partial charge in [-0.15, -0.1) is 0 Å². The first-order valence-corrected chi connectivity index (χ1v) is 11.4. The first-order chi connectivity index (χ1) is 14.2. The van der Waals surface area contributed by atoms with Crippen LogP contribution in [0.3, 0.4) is 0 Å². The number of carbonyl (C=O) groups is 1. The van der Waals surface area contributed by atoms with Gasteiger partial charge in [0.25, 0.3) is 0 Å². The largest absolute Gasteiger partial charge is 0.445 e.